The second-order valence-corrected chi connectivity index (χ2v) is 3.48. The lowest BCUT2D eigenvalue weighted by molar-refractivity contribution is -0.119. The van der Waals surface area contributed by atoms with Crippen molar-refractivity contribution in [3.8, 4) is 0 Å². The maximum absolute atomic E-state index is 12.1. The highest BCUT2D eigenvalue weighted by Gasteiger charge is 2.29. The molecule has 1 aromatic carbocycles. The molecule has 0 heterocycles. The molecule has 0 aromatic heterocycles. The van der Waals surface area contributed by atoms with Gasteiger partial charge in [0.2, 0.25) is 0 Å². The number of nitrogen functional groups attached to an aromatic ring is 1. The van der Waals surface area contributed by atoms with Gasteiger partial charge in [-0.05, 0) is 18.6 Å². The number of rotatable bonds is 2. The molecule has 0 saturated carbocycles. The molecule has 0 radical (unpaired) electrons. The van der Waals surface area contributed by atoms with Crippen molar-refractivity contribution in [2.45, 2.75) is 13.1 Å². The molecule has 0 bridgehead atoms. The Labute approximate surface area is 86.5 Å². The van der Waals surface area contributed by atoms with Crippen LogP contribution in [0.2, 0.25) is 0 Å². The summed E-state index contributed by atoms with van der Waals surface area (Å²) in [6.07, 6.45) is -4.22. The minimum absolute atomic E-state index is 0.393. The Morgan fingerprint density at radius 1 is 1.33 bits per heavy atom. The maximum Gasteiger partial charge on any atom is 0.405 e. The van der Waals surface area contributed by atoms with Crippen LogP contribution < -0.4 is 10.6 Å². The van der Waals surface area contributed by atoms with Crippen molar-refractivity contribution in [3.63, 3.8) is 0 Å². The van der Waals surface area contributed by atoms with Gasteiger partial charge in [-0.2, -0.15) is 13.2 Å². The molecule has 0 aliphatic heterocycles. The summed E-state index contributed by atoms with van der Waals surface area (Å²) >= 11 is 0. The van der Waals surface area contributed by atoms with Crippen molar-refractivity contribution in [1.82, 2.24) is 0 Å². The minimum Gasteiger partial charge on any atom is -0.397 e. The van der Waals surface area contributed by atoms with Crippen LogP contribution in [0, 0.1) is 6.92 Å². The van der Waals surface area contributed by atoms with E-state index >= 15 is 0 Å². The molecule has 0 aliphatic rings. The van der Waals surface area contributed by atoms with E-state index < -0.39 is 12.7 Å². The van der Waals surface area contributed by atoms with Gasteiger partial charge in [-0.1, -0.05) is 12.1 Å². The fraction of sp³-hybridized carbons (Fsp3) is 0.400. The number of benzene rings is 1. The normalized spacial score (nSPS) is 11.5. The number of hydrogen-bond donors (Lipinski definition) is 1. The average Bonchev–Trinajstić information content (AvgIpc) is 2.06. The third kappa shape index (κ3) is 3.04. The zero-order chi connectivity index (χ0) is 11.6. The second kappa shape index (κ2) is 4.00. The first-order chi connectivity index (χ1) is 6.81. The molecule has 0 saturated heterocycles. The van der Waals surface area contributed by atoms with Crippen LogP contribution in [0.25, 0.3) is 0 Å². The number of aryl methyl sites for hydroxylation is 1. The Balaban J connectivity index is 2.92. The summed E-state index contributed by atoms with van der Waals surface area (Å²) in [5.41, 5.74) is 7.27. The van der Waals surface area contributed by atoms with Crippen molar-refractivity contribution in [2.24, 2.45) is 0 Å². The number of para-hydroxylation sites is 1. The number of hydrogen-bond acceptors (Lipinski definition) is 2. The highest BCUT2D eigenvalue weighted by molar-refractivity contribution is 5.70. The van der Waals surface area contributed by atoms with Gasteiger partial charge in [0.15, 0.2) is 0 Å². The van der Waals surface area contributed by atoms with Crippen LogP contribution in [-0.4, -0.2) is 19.8 Å². The number of nitrogens with zero attached hydrogens (tertiary/aromatic N) is 1. The summed E-state index contributed by atoms with van der Waals surface area (Å²) in [4.78, 5) is 1.10. The van der Waals surface area contributed by atoms with Crippen LogP contribution in [0.4, 0.5) is 24.5 Å². The van der Waals surface area contributed by atoms with E-state index in [-0.39, 0.29) is 0 Å². The molecule has 0 fully saturated rings. The van der Waals surface area contributed by atoms with Crippen molar-refractivity contribution < 1.29 is 13.2 Å². The standard InChI is InChI=1S/C10H13F3N2/c1-7-4-3-5-8(9(7)14)15(2)6-10(11,12)13/h3-5H,6,14H2,1-2H3. The first-order valence-corrected chi connectivity index (χ1v) is 4.44. The van der Waals surface area contributed by atoms with Crippen molar-refractivity contribution in [2.75, 3.05) is 24.2 Å². The predicted molar refractivity (Wildman–Crippen MR) is 54.9 cm³/mol. The monoisotopic (exact) mass is 218 g/mol. The molecule has 5 heteroatoms. The molecule has 2 nitrogen and oxygen atoms in total. The minimum atomic E-state index is -4.22. The van der Waals surface area contributed by atoms with Crippen LogP contribution in [0.3, 0.4) is 0 Å². The van der Waals surface area contributed by atoms with E-state index in [1.807, 2.05) is 0 Å². The lowest BCUT2D eigenvalue weighted by atomic mass is 10.1. The van der Waals surface area contributed by atoms with Crippen LogP contribution in [-0.2, 0) is 0 Å². The number of anilines is 2. The highest BCUT2D eigenvalue weighted by Crippen LogP contribution is 2.27. The average molecular weight is 218 g/mol. The van der Waals surface area contributed by atoms with Gasteiger partial charge < -0.3 is 10.6 Å². The highest BCUT2D eigenvalue weighted by atomic mass is 19.4. The lowest BCUT2D eigenvalue weighted by Gasteiger charge is -2.23. The zero-order valence-corrected chi connectivity index (χ0v) is 8.60. The molecular formula is C10H13F3N2. The first-order valence-electron chi connectivity index (χ1n) is 4.44. The van der Waals surface area contributed by atoms with Crippen molar-refractivity contribution in [1.29, 1.82) is 0 Å². The SMILES string of the molecule is Cc1cccc(N(C)CC(F)(F)F)c1N. The number of nitrogens with two attached hydrogens (primary N) is 1. The van der Waals surface area contributed by atoms with Crippen LogP contribution in [0.15, 0.2) is 18.2 Å². The Hall–Kier alpha value is -1.39. The van der Waals surface area contributed by atoms with Crippen LogP contribution in [0.1, 0.15) is 5.56 Å². The van der Waals surface area contributed by atoms with Gasteiger partial charge in [-0.15, -0.1) is 0 Å². The van der Waals surface area contributed by atoms with E-state index in [1.54, 1.807) is 25.1 Å². The number of halogens is 3. The maximum atomic E-state index is 12.1. The van der Waals surface area contributed by atoms with E-state index in [4.69, 9.17) is 5.73 Å². The molecule has 1 aromatic rings. The largest absolute Gasteiger partial charge is 0.405 e. The molecule has 1 rings (SSSR count). The summed E-state index contributed by atoms with van der Waals surface area (Å²) in [6.45, 7) is 0.765. The van der Waals surface area contributed by atoms with E-state index in [0.717, 1.165) is 10.5 Å². The first kappa shape index (κ1) is 11.7. The van der Waals surface area contributed by atoms with E-state index in [9.17, 15) is 13.2 Å². The summed E-state index contributed by atoms with van der Waals surface area (Å²) in [6, 6.07) is 5.03. The van der Waals surface area contributed by atoms with Crippen molar-refractivity contribution in [3.05, 3.63) is 23.8 Å². The van der Waals surface area contributed by atoms with Gasteiger partial charge in [0.05, 0.1) is 11.4 Å². The molecule has 0 spiro atoms. The summed E-state index contributed by atoms with van der Waals surface area (Å²) in [7, 11) is 1.37. The molecule has 0 amide bonds. The van der Waals surface area contributed by atoms with Crippen molar-refractivity contribution >= 4 is 11.4 Å². The Kier molecular flexibility index (Phi) is 3.12. The van der Waals surface area contributed by atoms with Gasteiger partial charge in [-0.25, -0.2) is 0 Å². The van der Waals surface area contributed by atoms with Gasteiger partial charge >= 0.3 is 6.18 Å². The van der Waals surface area contributed by atoms with Crippen LogP contribution in [0.5, 0.6) is 0 Å². The molecule has 84 valence electrons. The topological polar surface area (TPSA) is 29.3 Å². The molecule has 0 atom stereocenters. The third-order valence-electron chi connectivity index (χ3n) is 2.13. The van der Waals surface area contributed by atoms with Gasteiger partial charge in [0, 0.05) is 7.05 Å². The van der Waals surface area contributed by atoms with E-state index in [1.165, 1.54) is 7.05 Å². The Morgan fingerprint density at radius 2 is 1.93 bits per heavy atom. The smallest absolute Gasteiger partial charge is 0.397 e. The summed E-state index contributed by atoms with van der Waals surface area (Å²) in [5, 5.41) is 0. The number of alkyl halides is 3. The Bertz CT molecular complexity index is 347. The molecule has 15 heavy (non-hydrogen) atoms. The zero-order valence-electron chi connectivity index (χ0n) is 8.60. The van der Waals surface area contributed by atoms with Gasteiger partial charge in [-0.3, -0.25) is 0 Å². The lowest BCUT2D eigenvalue weighted by Crippen LogP contribution is -2.31. The fourth-order valence-electron chi connectivity index (χ4n) is 1.35. The van der Waals surface area contributed by atoms with Gasteiger partial charge in [0.1, 0.15) is 6.54 Å². The van der Waals surface area contributed by atoms with E-state index in [0.29, 0.717) is 11.4 Å². The quantitative estimate of drug-likeness (QED) is 0.773. The molecule has 0 unspecified atom stereocenters. The molecule has 0 aliphatic carbocycles. The Morgan fingerprint density at radius 3 is 2.47 bits per heavy atom. The van der Waals surface area contributed by atoms with Crippen LogP contribution >= 0.6 is 0 Å². The molecule has 2 N–H and O–H groups in total. The summed E-state index contributed by atoms with van der Waals surface area (Å²) < 4.78 is 36.4. The fourth-order valence-corrected chi connectivity index (χ4v) is 1.35. The van der Waals surface area contributed by atoms with E-state index in [2.05, 4.69) is 0 Å². The summed E-state index contributed by atoms with van der Waals surface area (Å²) in [5.74, 6) is 0. The predicted octanol–water partition coefficient (Wildman–Crippen LogP) is 2.58. The second-order valence-electron chi connectivity index (χ2n) is 3.48. The third-order valence-corrected chi connectivity index (χ3v) is 2.13. The van der Waals surface area contributed by atoms with Gasteiger partial charge in [0.25, 0.3) is 0 Å². The molecular weight excluding hydrogens is 205 g/mol.